The monoisotopic (exact) mass is 330 g/mol. The van der Waals surface area contributed by atoms with Gasteiger partial charge in [0, 0.05) is 9.80 Å². The lowest BCUT2D eigenvalue weighted by Crippen LogP contribution is -2.21. The van der Waals surface area contributed by atoms with Gasteiger partial charge in [0.05, 0.1) is 0 Å². The summed E-state index contributed by atoms with van der Waals surface area (Å²) >= 11 is 7.18. The first kappa shape index (κ1) is 11.7. The Hall–Kier alpha value is 0.180. The largest absolute Gasteiger partial charge is 0.0922 e. The lowest BCUT2D eigenvalue weighted by molar-refractivity contribution is 0.346. The van der Waals surface area contributed by atoms with Crippen molar-refractivity contribution >= 4 is 31.9 Å². The fraction of sp³-hybridized carbons (Fsp3) is 0.538. The summed E-state index contributed by atoms with van der Waals surface area (Å²) in [6.45, 7) is 0. The minimum absolute atomic E-state index is 0.536. The molecule has 1 fully saturated rings. The molecule has 0 unspecified atom stereocenters. The maximum atomic E-state index is 3.70. The highest BCUT2D eigenvalue weighted by Gasteiger charge is 2.32. The molecule has 0 spiro atoms. The van der Waals surface area contributed by atoms with Crippen LogP contribution in [0.3, 0.4) is 0 Å². The van der Waals surface area contributed by atoms with Crippen LogP contribution in [0.5, 0.6) is 0 Å². The molecular formula is C13H16Br2. The summed E-state index contributed by atoms with van der Waals surface area (Å²) < 4.78 is 1.17. The van der Waals surface area contributed by atoms with Crippen LogP contribution in [0.2, 0.25) is 0 Å². The van der Waals surface area contributed by atoms with Crippen LogP contribution in [-0.2, 0) is 6.42 Å². The third kappa shape index (κ3) is 2.85. The average Bonchev–Trinajstić information content (AvgIpc) is 2.71. The minimum Gasteiger partial charge on any atom is -0.0922 e. The molecule has 1 aliphatic rings. The number of halogens is 2. The van der Waals surface area contributed by atoms with E-state index >= 15 is 0 Å². The smallest absolute Gasteiger partial charge is 0.0175 e. The Labute approximate surface area is 109 Å². The second kappa shape index (κ2) is 5.01. The Bertz CT molecular complexity index is 310. The van der Waals surface area contributed by atoms with Crippen LogP contribution in [0.1, 0.15) is 31.2 Å². The molecule has 0 aromatic heterocycles. The second-order valence-corrected chi connectivity index (χ2v) is 6.12. The van der Waals surface area contributed by atoms with E-state index in [-0.39, 0.29) is 0 Å². The maximum Gasteiger partial charge on any atom is 0.0175 e. The van der Waals surface area contributed by atoms with Gasteiger partial charge in [-0.15, -0.1) is 0 Å². The summed E-state index contributed by atoms with van der Waals surface area (Å²) in [4.78, 5) is 0. The Morgan fingerprint density at radius 2 is 1.67 bits per heavy atom. The van der Waals surface area contributed by atoms with Crippen molar-refractivity contribution in [2.45, 2.75) is 32.1 Å². The van der Waals surface area contributed by atoms with Crippen LogP contribution in [0.25, 0.3) is 0 Å². The molecular weight excluding hydrogens is 316 g/mol. The minimum atomic E-state index is 0.536. The van der Waals surface area contributed by atoms with Crippen molar-refractivity contribution in [2.75, 3.05) is 5.33 Å². The standard InChI is InChI=1S/C13H16Br2/c14-10-13(7-1-2-8-13)9-11-3-5-12(15)6-4-11/h3-6H,1-2,7-10H2. The van der Waals surface area contributed by atoms with E-state index in [0.29, 0.717) is 5.41 Å². The summed E-state index contributed by atoms with van der Waals surface area (Å²) in [6, 6.07) is 8.78. The molecule has 15 heavy (non-hydrogen) atoms. The molecule has 0 heterocycles. The normalized spacial score (nSPS) is 19.3. The van der Waals surface area contributed by atoms with Gasteiger partial charge in [-0.3, -0.25) is 0 Å². The van der Waals surface area contributed by atoms with Gasteiger partial charge < -0.3 is 0 Å². The number of alkyl halides is 1. The lowest BCUT2D eigenvalue weighted by Gasteiger charge is -2.26. The van der Waals surface area contributed by atoms with Gasteiger partial charge in [-0.2, -0.15) is 0 Å². The highest BCUT2D eigenvalue weighted by Crippen LogP contribution is 2.42. The van der Waals surface area contributed by atoms with Gasteiger partial charge in [0.15, 0.2) is 0 Å². The first-order chi connectivity index (χ1) is 7.24. The van der Waals surface area contributed by atoms with Crippen LogP contribution in [-0.4, -0.2) is 5.33 Å². The topological polar surface area (TPSA) is 0 Å². The number of benzene rings is 1. The Morgan fingerprint density at radius 1 is 1.07 bits per heavy atom. The van der Waals surface area contributed by atoms with Crippen molar-refractivity contribution in [3.05, 3.63) is 34.3 Å². The molecule has 0 saturated heterocycles. The predicted molar refractivity (Wildman–Crippen MR) is 72.5 cm³/mol. The Morgan fingerprint density at radius 3 is 2.20 bits per heavy atom. The van der Waals surface area contributed by atoms with E-state index in [4.69, 9.17) is 0 Å². The van der Waals surface area contributed by atoms with E-state index in [2.05, 4.69) is 56.1 Å². The predicted octanol–water partition coefficient (Wildman–Crippen LogP) is 4.95. The van der Waals surface area contributed by atoms with Crippen molar-refractivity contribution < 1.29 is 0 Å². The van der Waals surface area contributed by atoms with Crippen molar-refractivity contribution in [1.82, 2.24) is 0 Å². The van der Waals surface area contributed by atoms with Gasteiger partial charge in [0.1, 0.15) is 0 Å². The maximum absolute atomic E-state index is 3.70. The molecule has 0 N–H and O–H groups in total. The van der Waals surface area contributed by atoms with E-state index in [1.807, 2.05) is 0 Å². The van der Waals surface area contributed by atoms with Crippen molar-refractivity contribution in [3.8, 4) is 0 Å². The van der Waals surface area contributed by atoms with Crippen molar-refractivity contribution in [1.29, 1.82) is 0 Å². The molecule has 0 radical (unpaired) electrons. The van der Waals surface area contributed by atoms with Crippen LogP contribution in [0.15, 0.2) is 28.7 Å². The molecule has 1 saturated carbocycles. The van der Waals surface area contributed by atoms with Crippen LogP contribution in [0, 0.1) is 5.41 Å². The van der Waals surface area contributed by atoms with E-state index in [1.54, 1.807) is 0 Å². The van der Waals surface area contributed by atoms with E-state index in [0.717, 1.165) is 5.33 Å². The fourth-order valence-corrected chi connectivity index (χ4v) is 3.54. The van der Waals surface area contributed by atoms with E-state index < -0.39 is 0 Å². The van der Waals surface area contributed by atoms with Gasteiger partial charge in [-0.05, 0) is 42.4 Å². The molecule has 2 rings (SSSR count). The molecule has 0 atom stereocenters. The highest BCUT2D eigenvalue weighted by molar-refractivity contribution is 9.10. The molecule has 0 amide bonds. The third-order valence-corrected chi connectivity index (χ3v) is 5.16. The number of rotatable bonds is 3. The molecule has 1 aromatic rings. The average molecular weight is 332 g/mol. The quantitative estimate of drug-likeness (QED) is 0.688. The molecule has 1 aliphatic carbocycles. The van der Waals surface area contributed by atoms with Crippen molar-refractivity contribution in [2.24, 2.45) is 5.41 Å². The summed E-state index contributed by atoms with van der Waals surface area (Å²) in [6.07, 6.45) is 6.80. The summed E-state index contributed by atoms with van der Waals surface area (Å²) in [7, 11) is 0. The molecule has 82 valence electrons. The Balaban J connectivity index is 2.09. The molecule has 0 bridgehead atoms. The number of hydrogen-bond acceptors (Lipinski definition) is 0. The zero-order valence-corrected chi connectivity index (χ0v) is 12.0. The van der Waals surface area contributed by atoms with E-state index in [1.165, 1.54) is 42.1 Å². The molecule has 2 heteroatoms. The third-order valence-electron chi connectivity index (χ3n) is 3.44. The summed E-state index contributed by atoms with van der Waals surface area (Å²) in [5.74, 6) is 0. The van der Waals surface area contributed by atoms with Gasteiger partial charge in [-0.25, -0.2) is 0 Å². The van der Waals surface area contributed by atoms with Gasteiger partial charge >= 0.3 is 0 Å². The van der Waals surface area contributed by atoms with Gasteiger partial charge in [0.25, 0.3) is 0 Å². The Kier molecular flexibility index (Phi) is 3.89. The van der Waals surface area contributed by atoms with Crippen LogP contribution >= 0.6 is 31.9 Å². The summed E-state index contributed by atoms with van der Waals surface area (Å²) in [5.41, 5.74) is 2.01. The van der Waals surface area contributed by atoms with Gasteiger partial charge in [0.2, 0.25) is 0 Å². The zero-order chi connectivity index (χ0) is 10.7. The van der Waals surface area contributed by atoms with E-state index in [9.17, 15) is 0 Å². The highest BCUT2D eigenvalue weighted by atomic mass is 79.9. The zero-order valence-electron chi connectivity index (χ0n) is 8.81. The number of hydrogen-bond donors (Lipinski definition) is 0. The first-order valence-electron chi connectivity index (χ1n) is 5.55. The van der Waals surface area contributed by atoms with Crippen LogP contribution < -0.4 is 0 Å². The summed E-state index contributed by atoms with van der Waals surface area (Å²) in [5, 5.41) is 1.15. The molecule has 0 aliphatic heterocycles. The fourth-order valence-electron chi connectivity index (χ4n) is 2.52. The first-order valence-corrected chi connectivity index (χ1v) is 7.46. The van der Waals surface area contributed by atoms with Crippen molar-refractivity contribution in [3.63, 3.8) is 0 Å². The van der Waals surface area contributed by atoms with Crippen LogP contribution in [0.4, 0.5) is 0 Å². The molecule has 1 aromatic carbocycles. The molecule has 0 nitrogen and oxygen atoms in total. The van der Waals surface area contributed by atoms with Gasteiger partial charge in [-0.1, -0.05) is 56.8 Å². The lowest BCUT2D eigenvalue weighted by atomic mass is 9.82. The second-order valence-electron chi connectivity index (χ2n) is 4.64. The SMILES string of the molecule is BrCC1(Cc2ccc(Br)cc2)CCCC1.